The Hall–Kier alpha value is -1.79. The van der Waals surface area contributed by atoms with Crippen LogP contribution < -0.4 is 4.90 Å². The second kappa shape index (κ2) is 4.71. The number of imide groups is 1. The summed E-state index contributed by atoms with van der Waals surface area (Å²) in [5.74, 6) is -1.24. The van der Waals surface area contributed by atoms with Crippen molar-refractivity contribution in [3.05, 3.63) is 35.1 Å². The van der Waals surface area contributed by atoms with Crippen molar-refractivity contribution in [3.8, 4) is 0 Å². The van der Waals surface area contributed by atoms with E-state index >= 15 is 0 Å². The van der Waals surface area contributed by atoms with Crippen LogP contribution in [0.4, 0.5) is 4.39 Å². The maximum absolute atomic E-state index is 13.1. The molecule has 1 aromatic rings. The molecule has 2 amide bonds. The summed E-state index contributed by atoms with van der Waals surface area (Å²) in [5.41, 5.74) is 0.455. The van der Waals surface area contributed by atoms with Gasteiger partial charge in [0.2, 0.25) is 0 Å². The first-order chi connectivity index (χ1) is 9.16. The first kappa shape index (κ1) is 12.3. The van der Waals surface area contributed by atoms with Gasteiger partial charge < -0.3 is 9.64 Å². The van der Waals surface area contributed by atoms with Crippen LogP contribution in [0.2, 0.25) is 0 Å². The molecule has 3 rings (SSSR count). The molecule has 1 fully saturated rings. The number of quaternary nitrogens is 1. The number of amides is 2. The first-order valence-electron chi connectivity index (χ1n) is 6.24. The Labute approximate surface area is 109 Å². The van der Waals surface area contributed by atoms with Crippen LogP contribution in [-0.4, -0.2) is 49.7 Å². The van der Waals surface area contributed by atoms with Gasteiger partial charge in [-0.05, 0) is 18.2 Å². The third-order valence-corrected chi connectivity index (χ3v) is 3.51. The van der Waals surface area contributed by atoms with E-state index in [2.05, 4.69) is 0 Å². The maximum Gasteiger partial charge on any atom is 0.266 e. The van der Waals surface area contributed by atoms with Gasteiger partial charge in [0.15, 0.2) is 6.67 Å². The molecule has 5 nitrogen and oxygen atoms in total. The SMILES string of the molecule is O=C1c2ccc(F)cc2C(=O)N1C[NH+]1CCOCC1. The zero-order valence-electron chi connectivity index (χ0n) is 10.3. The number of hydrogen-bond donors (Lipinski definition) is 1. The van der Waals surface area contributed by atoms with Gasteiger partial charge in [-0.15, -0.1) is 0 Å². The molecular formula is C13H14FN2O3+. The highest BCUT2D eigenvalue weighted by Gasteiger charge is 2.38. The summed E-state index contributed by atoms with van der Waals surface area (Å²) in [5, 5.41) is 0. The topological polar surface area (TPSA) is 51.0 Å². The number of halogens is 1. The van der Waals surface area contributed by atoms with Crippen molar-refractivity contribution in [1.29, 1.82) is 0 Å². The van der Waals surface area contributed by atoms with E-state index in [0.717, 1.165) is 24.1 Å². The van der Waals surface area contributed by atoms with Crippen molar-refractivity contribution in [2.45, 2.75) is 0 Å². The van der Waals surface area contributed by atoms with Crippen LogP contribution in [0.5, 0.6) is 0 Å². The molecule has 0 saturated carbocycles. The molecule has 19 heavy (non-hydrogen) atoms. The highest BCUT2D eigenvalue weighted by Crippen LogP contribution is 2.22. The molecule has 1 aromatic carbocycles. The number of carbonyl (C=O) groups is 2. The third-order valence-electron chi connectivity index (χ3n) is 3.51. The lowest BCUT2D eigenvalue weighted by molar-refractivity contribution is -0.915. The Kier molecular flexibility index (Phi) is 3.04. The Morgan fingerprint density at radius 1 is 1.16 bits per heavy atom. The van der Waals surface area contributed by atoms with Gasteiger partial charge in [0, 0.05) is 0 Å². The lowest BCUT2D eigenvalue weighted by Gasteiger charge is -2.26. The average Bonchev–Trinajstić information content (AvgIpc) is 2.65. The van der Waals surface area contributed by atoms with Gasteiger partial charge in [-0.2, -0.15) is 0 Å². The summed E-state index contributed by atoms with van der Waals surface area (Å²) in [6.45, 7) is 3.11. The number of carbonyl (C=O) groups excluding carboxylic acids is 2. The maximum atomic E-state index is 13.1. The van der Waals surface area contributed by atoms with Crippen LogP contribution in [0.3, 0.4) is 0 Å². The molecule has 0 bridgehead atoms. The van der Waals surface area contributed by atoms with Crippen LogP contribution in [0.25, 0.3) is 0 Å². The van der Waals surface area contributed by atoms with Crippen LogP contribution in [0, 0.1) is 5.82 Å². The minimum atomic E-state index is -0.500. The quantitative estimate of drug-likeness (QED) is 0.719. The van der Waals surface area contributed by atoms with Crippen molar-refractivity contribution in [1.82, 2.24) is 4.90 Å². The van der Waals surface area contributed by atoms with E-state index < -0.39 is 11.7 Å². The Bertz CT molecular complexity index is 541. The third kappa shape index (κ3) is 2.13. The molecule has 2 heterocycles. The molecule has 1 N–H and O–H groups in total. The van der Waals surface area contributed by atoms with Gasteiger partial charge in [0.05, 0.1) is 24.3 Å². The smallest absolute Gasteiger partial charge is 0.266 e. The van der Waals surface area contributed by atoms with E-state index in [0.29, 0.717) is 25.4 Å². The molecule has 2 aliphatic rings. The van der Waals surface area contributed by atoms with Crippen LogP contribution >= 0.6 is 0 Å². The van der Waals surface area contributed by atoms with E-state index in [1.807, 2.05) is 0 Å². The minimum absolute atomic E-state index is 0.164. The predicted molar refractivity (Wildman–Crippen MR) is 63.3 cm³/mol. The monoisotopic (exact) mass is 265 g/mol. The molecule has 0 aliphatic carbocycles. The Balaban J connectivity index is 1.81. The summed E-state index contributed by atoms with van der Waals surface area (Å²) in [6, 6.07) is 3.71. The van der Waals surface area contributed by atoms with Crippen molar-refractivity contribution >= 4 is 11.8 Å². The van der Waals surface area contributed by atoms with Gasteiger partial charge >= 0.3 is 0 Å². The van der Waals surface area contributed by atoms with Crippen molar-refractivity contribution in [2.75, 3.05) is 33.0 Å². The van der Waals surface area contributed by atoms with E-state index in [9.17, 15) is 14.0 Å². The van der Waals surface area contributed by atoms with E-state index in [4.69, 9.17) is 4.74 Å². The summed E-state index contributed by atoms with van der Waals surface area (Å²) in [4.78, 5) is 26.6. The molecule has 0 unspecified atom stereocenters. The highest BCUT2D eigenvalue weighted by atomic mass is 19.1. The molecule has 0 spiro atoms. The van der Waals surface area contributed by atoms with Crippen LogP contribution in [-0.2, 0) is 4.74 Å². The van der Waals surface area contributed by atoms with Gasteiger partial charge in [-0.3, -0.25) is 9.59 Å². The number of nitrogens with one attached hydrogen (secondary N) is 1. The largest absolute Gasteiger partial charge is 0.370 e. The van der Waals surface area contributed by atoms with Crippen molar-refractivity contribution in [2.24, 2.45) is 0 Å². The average molecular weight is 265 g/mol. The Morgan fingerprint density at radius 3 is 2.58 bits per heavy atom. The molecule has 0 radical (unpaired) electrons. The summed E-state index contributed by atoms with van der Waals surface area (Å²) >= 11 is 0. The zero-order valence-corrected chi connectivity index (χ0v) is 10.3. The zero-order chi connectivity index (χ0) is 13.4. The molecule has 2 aliphatic heterocycles. The van der Waals surface area contributed by atoms with Crippen LogP contribution in [0.1, 0.15) is 20.7 Å². The van der Waals surface area contributed by atoms with Gasteiger partial charge in [0.25, 0.3) is 11.8 Å². The lowest BCUT2D eigenvalue weighted by atomic mass is 10.1. The summed E-state index contributed by atoms with van der Waals surface area (Å²) < 4.78 is 18.4. The number of morpholine rings is 1. The second-order valence-corrected chi connectivity index (χ2v) is 4.75. The number of fused-ring (bicyclic) bond motifs is 1. The normalized spacial score (nSPS) is 19.9. The predicted octanol–water partition coefficient (Wildman–Crippen LogP) is -0.706. The number of rotatable bonds is 2. The summed E-state index contributed by atoms with van der Waals surface area (Å²) in [6.07, 6.45) is 0. The second-order valence-electron chi connectivity index (χ2n) is 4.75. The Morgan fingerprint density at radius 2 is 1.84 bits per heavy atom. The van der Waals surface area contributed by atoms with Gasteiger partial charge in [-0.25, -0.2) is 9.29 Å². The molecular weight excluding hydrogens is 251 g/mol. The highest BCUT2D eigenvalue weighted by molar-refractivity contribution is 6.21. The number of benzene rings is 1. The molecule has 1 saturated heterocycles. The van der Waals surface area contributed by atoms with E-state index in [1.165, 1.54) is 17.0 Å². The summed E-state index contributed by atoms with van der Waals surface area (Å²) in [7, 11) is 0. The van der Waals surface area contributed by atoms with E-state index in [-0.39, 0.29) is 11.5 Å². The fourth-order valence-corrected chi connectivity index (χ4v) is 2.45. The van der Waals surface area contributed by atoms with Gasteiger partial charge in [0.1, 0.15) is 18.9 Å². The van der Waals surface area contributed by atoms with E-state index in [1.54, 1.807) is 0 Å². The lowest BCUT2D eigenvalue weighted by Crippen LogP contribution is -3.15. The van der Waals surface area contributed by atoms with Crippen molar-refractivity contribution < 1.29 is 23.6 Å². The fourth-order valence-electron chi connectivity index (χ4n) is 2.45. The molecule has 0 atom stereocenters. The standard InChI is InChI=1S/C13H13FN2O3/c14-9-1-2-10-11(7-9)13(18)16(12(10)17)8-15-3-5-19-6-4-15/h1-2,7H,3-6,8H2/p+1. The van der Waals surface area contributed by atoms with Crippen molar-refractivity contribution in [3.63, 3.8) is 0 Å². The fraction of sp³-hybridized carbons (Fsp3) is 0.385. The first-order valence-corrected chi connectivity index (χ1v) is 6.24. The number of nitrogens with zero attached hydrogens (tertiary/aromatic N) is 1. The molecule has 6 heteroatoms. The minimum Gasteiger partial charge on any atom is -0.370 e. The molecule has 100 valence electrons. The number of hydrogen-bond acceptors (Lipinski definition) is 3. The van der Waals surface area contributed by atoms with Gasteiger partial charge in [-0.1, -0.05) is 0 Å². The van der Waals surface area contributed by atoms with Crippen LogP contribution in [0.15, 0.2) is 18.2 Å². The number of ether oxygens (including phenoxy) is 1. The molecule has 0 aromatic heterocycles.